The van der Waals surface area contributed by atoms with Crippen LogP contribution in [0, 0.1) is 0 Å². The first kappa shape index (κ1) is 28.4. The second kappa shape index (κ2) is 16.2. The van der Waals surface area contributed by atoms with Crippen LogP contribution in [-0.4, -0.2) is 81.4 Å². The molecule has 0 bridgehead atoms. The fourth-order valence-corrected chi connectivity index (χ4v) is 2.76. The van der Waals surface area contributed by atoms with E-state index in [0.717, 1.165) is 24.8 Å². The first-order valence-electron chi connectivity index (χ1n) is 7.96. The third-order valence-electron chi connectivity index (χ3n) is 3.45. The third kappa shape index (κ3) is 14.9. The van der Waals surface area contributed by atoms with Gasteiger partial charge in [0.25, 0.3) is 0 Å². The Morgan fingerprint density at radius 1 is 1.16 bits per heavy atom. The van der Waals surface area contributed by atoms with Gasteiger partial charge in [0.2, 0.25) is 5.91 Å². The van der Waals surface area contributed by atoms with Crippen LogP contribution in [0.3, 0.4) is 0 Å². The van der Waals surface area contributed by atoms with Gasteiger partial charge in [-0.3, -0.25) is 4.79 Å². The summed E-state index contributed by atoms with van der Waals surface area (Å²) in [6.45, 7) is -1.64. The first-order valence-corrected chi connectivity index (χ1v) is 10.6. The standard InChI is InChI=1S/C16H26NO4PS.2Na/c1-2-3-4-5-9-12-16(18)17-15(13-21-22(19,20)23)14-10-7-6-8-11-14;;/h6-8,10-11,15H,2-5,9,12-13H2,1H3,(H,17,18)(H2,19,20,23);;/t15-;;/m0../s1. The van der Waals surface area contributed by atoms with Crippen molar-refractivity contribution in [2.45, 2.75) is 51.5 Å². The predicted octanol–water partition coefficient (Wildman–Crippen LogP) is 2.67. The number of rotatable bonds is 11. The van der Waals surface area contributed by atoms with Crippen LogP contribution < -0.4 is 5.32 Å². The van der Waals surface area contributed by atoms with Gasteiger partial charge in [-0.25, -0.2) is 0 Å². The molecule has 3 N–H and O–H groups in total. The average molecular weight is 405 g/mol. The van der Waals surface area contributed by atoms with Crippen LogP contribution in [0.5, 0.6) is 0 Å². The maximum Gasteiger partial charge on any atom is 0.321 e. The molecule has 0 heterocycles. The number of hydrogen-bond donors (Lipinski definition) is 3. The number of amides is 1. The second-order valence-corrected chi connectivity index (χ2v) is 8.15. The van der Waals surface area contributed by atoms with Crippen LogP contribution in [0.4, 0.5) is 0 Å². The summed E-state index contributed by atoms with van der Waals surface area (Å²) >= 11 is 4.46. The van der Waals surface area contributed by atoms with Gasteiger partial charge in [0.05, 0.1) is 12.6 Å². The largest absolute Gasteiger partial charge is 0.347 e. The number of hydrogen-bond acceptors (Lipinski definition) is 3. The SMILES string of the molecule is CCCCCCCC(=O)N[C@@H](COP(O)(O)=S)c1ccccc1.[Na].[Na]. The molecule has 0 aromatic heterocycles. The Morgan fingerprint density at radius 2 is 1.76 bits per heavy atom. The van der Waals surface area contributed by atoms with Gasteiger partial charge in [-0.15, -0.1) is 0 Å². The smallest absolute Gasteiger partial charge is 0.321 e. The summed E-state index contributed by atoms with van der Waals surface area (Å²) in [6.07, 6.45) is 5.87. The van der Waals surface area contributed by atoms with Crippen LogP contribution in [0.1, 0.15) is 57.1 Å². The molecule has 0 fully saturated rings. The van der Waals surface area contributed by atoms with Crippen LogP contribution in [0.25, 0.3) is 0 Å². The number of carbonyl (C=O) groups excluding carboxylic acids is 1. The van der Waals surface area contributed by atoms with Gasteiger partial charge in [-0.1, -0.05) is 62.9 Å². The van der Waals surface area contributed by atoms with E-state index in [4.69, 9.17) is 4.52 Å². The van der Waals surface area contributed by atoms with Crippen molar-refractivity contribution in [2.24, 2.45) is 0 Å². The van der Waals surface area contributed by atoms with Crippen molar-refractivity contribution in [1.29, 1.82) is 0 Å². The van der Waals surface area contributed by atoms with Crippen molar-refractivity contribution in [3.8, 4) is 0 Å². The summed E-state index contributed by atoms with van der Waals surface area (Å²) in [6, 6.07) is 8.85. The van der Waals surface area contributed by atoms with E-state index in [2.05, 4.69) is 24.0 Å². The molecule has 25 heavy (non-hydrogen) atoms. The van der Waals surface area contributed by atoms with Gasteiger partial charge < -0.3 is 19.6 Å². The molecule has 1 aromatic carbocycles. The van der Waals surface area contributed by atoms with Crippen molar-refractivity contribution >= 4 is 83.5 Å². The quantitative estimate of drug-likeness (QED) is 0.300. The summed E-state index contributed by atoms with van der Waals surface area (Å²) in [5, 5.41) is 2.88. The molecule has 9 heteroatoms. The molecular weight excluding hydrogens is 379 g/mol. The fraction of sp³-hybridized carbons (Fsp3) is 0.562. The molecule has 0 unspecified atom stereocenters. The van der Waals surface area contributed by atoms with E-state index in [0.29, 0.717) is 6.42 Å². The van der Waals surface area contributed by atoms with Gasteiger partial charge in [-0.05, 0) is 23.8 Å². The molecule has 5 nitrogen and oxygen atoms in total. The van der Waals surface area contributed by atoms with E-state index < -0.39 is 12.8 Å². The maximum absolute atomic E-state index is 12.1. The van der Waals surface area contributed by atoms with Crippen LogP contribution in [0.2, 0.25) is 0 Å². The normalized spacial score (nSPS) is 11.8. The molecule has 132 valence electrons. The van der Waals surface area contributed by atoms with E-state index in [1.807, 2.05) is 30.3 Å². The molecule has 0 spiro atoms. The first-order chi connectivity index (χ1) is 10.9. The van der Waals surface area contributed by atoms with Gasteiger partial charge in [0, 0.05) is 65.5 Å². The zero-order valence-electron chi connectivity index (χ0n) is 15.5. The van der Waals surface area contributed by atoms with Gasteiger partial charge in [0.15, 0.2) is 0 Å². The summed E-state index contributed by atoms with van der Waals surface area (Å²) in [7, 11) is 0. The Labute approximate surface area is 200 Å². The molecule has 0 saturated carbocycles. The molecular formula is C16H26NNa2O4PS. The predicted molar refractivity (Wildman–Crippen MR) is 107 cm³/mol. The van der Waals surface area contributed by atoms with E-state index in [9.17, 15) is 14.6 Å². The minimum Gasteiger partial charge on any atom is -0.347 e. The van der Waals surface area contributed by atoms with Gasteiger partial charge >= 0.3 is 6.72 Å². The van der Waals surface area contributed by atoms with Crippen molar-refractivity contribution in [3.05, 3.63) is 35.9 Å². The van der Waals surface area contributed by atoms with Crippen LogP contribution in [-0.2, 0) is 21.1 Å². The zero-order valence-corrected chi connectivity index (χ0v) is 21.2. The number of nitrogens with one attached hydrogen (secondary N) is 1. The molecule has 0 saturated heterocycles. The molecule has 2 radical (unpaired) electrons. The molecule has 0 aliphatic rings. The van der Waals surface area contributed by atoms with E-state index in [1.165, 1.54) is 12.8 Å². The minimum atomic E-state index is -3.74. The Bertz CT molecular complexity index is 516. The monoisotopic (exact) mass is 405 g/mol. The van der Waals surface area contributed by atoms with Crippen molar-refractivity contribution < 1.29 is 19.1 Å². The van der Waals surface area contributed by atoms with E-state index in [1.54, 1.807) is 0 Å². The second-order valence-electron chi connectivity index (χ2n) is 5.48. The molecule has 0 aliphatic carbocycles. The summed E-state index contributed by atoms with van der Waals surface area (Å²) < 4.78 is 4.93. The Kier molecular flexibility index (Phi) is 18.4. The van der Waals surface area contributed by atoms with Crippen molar-refractivity contribution in [2.75, 3.05) is 6.61 Å². The zero-order chi connectivity index (χ0) is 17.1. The average Bonchev–Trinajstić information content (AvgIpc) is 2.51. The van der Waals surface area contributed by atoms with Crippen LogP contribution >= 0.6 is 6.72 Å². The molecule has 1 amide bonds. The van der Waals surface area contributed by atoms with E-state index >= 15 is 0 Å². The number of unbranched alkanes of at least 4 members (excludes halogenated alkanes) is 4. The summed E-state index contributed by atoms with van der Waals surface area (Å²) in [4.78, 5) is 30.5. The van der Waals surface area contributed by atoms with E-state index in [-0.39, 0.29) is 71.6 Å². The molecule has 0 aliphatic heterocycles. The molecule has 1 atom stereocenters. The van der Waals surface area contributed by atoms with Crippen LogP contribution in [0.15, 0.2) is 30.3 Å². The van der Waals surface area contributed by atoms with Gasteiger partial charge in [0.1, 0.15) is 0 Å². The van der Waals surface area contributed by atoms with Crippen molar-refractivity contribution in [3.63, 3.8) is 0 Å². The topological polar surface area (TPSA) is 78.8 Å². The summed E-state index contributed by atoms with van der Waals surface area (Å²) in [5.41, 5.74) is 0.843. The number of benzene rings is 1. The maximum atomic E-state index is 12.1. The molecule has 1 aromatic rings. The third-order valence-corrected chi connectivity index (χ3v) is 4.26. The Hall–Kier alpha value is 1.22. The number of carbonyl (C=O) groups is 1. The Morgan fingerprint density at radius 3 is 2.32 bits per heavy atom. The van der Waals surface area contributed by atoms with Crippen molar-refractivity contribution in [1.82, 2.24) is 5.32 Å². The van der Waals surface area contributed by atoms with Gasteiger partial charge in [-0.2, -0.15) is 0 Å². The fourth-order valence-electron chi connectivity index (χ4n) is 2.23. The summed E-state index contributed by atoms with van der Waals surface area (Å²) in [5.74, 6) is -0.0665. The Balaban J connectivity index is 0. The molecule has 1 rings (SSSR count). The minimum absolute atomic E-state index is 0.